The molecular weight excluding hydrogens is 378 g/mol. The highest BCUT2D eigenvalue weighted by molar-refractivity contribution is 7.89. The number of piperidine rings is 1. The molecule has 2 aliphatic heterocycles. The molecule has 2 aromatic carbocycles. The van der Waals surface area contributed by atoms with E-state index in [9.17, 15) is 18.6 Å². The minimum Gasteiger partial charge on any atom is -0.508 e. The molecule has 0 aliphatic carbocycles. The molecule has 0 atom stereocenters. The number of phenols is 2. The molecule has 0 bridgehead atoms. The molecule has 7 nitrogen and oxygen atoms in total. The zero-order chi connectivity index (χ0) is 19.9. The van der Waals surface area contributed by atoms with Crippen LogP contribution in [0, 0.1) is 0 Å². The van der Waals surface area contributed by atoms with E-state index in [1.54, 1.807) is 0 Å². The molecule has 0 radical (unpaired) electrons. The fraction of sp³-hybridized carbons (Fsp3) is 0.400. The van der Waals surface area contributed by atoms with Crippen molar-refractivity contribution < 1.29 is 18.6 Å². The Balaban J connectivity index is 1.50. The molecule has 1 saturated heterocycles. The van der Waals surface area contributed by atoms with E-state index < -0.39 is 15.8 Å². The first kappa shape index (κ1) is 19.0. The maximum absolute atomic E-state index is 12.9. The van der Waals surface area contributed by atoms with E-state index in [2.05, 4.69) is 17.3 Å². The third kappa shape index (κ3) is 3.67. The van der Waals surface area contributed by atoms with Gasteiger partial charge in [-0.25, -0.2) is 8.42 Å². The standard InChI is InChI=1S/C20H25N3O4S/c1-22-8-6-16(7-9-22)21-17-3-2-14-12-23(13-15(14)10-17)28(26,27)20-5-4-18(24)11-19(20)25/h2-5,10-11,16,21,24-25H,6-9,12-13H2,1H3. The van der Waals surface area contributed by atoms with Crippen LogP contribution >= 0.6 is 0 Å². The molecule has 3 N–H and O–H groups in total. The number of benzene rings is 2. The molecule has 1 fully saturated rings. The van der Waals surface area contributed by atoms with Crippen molar-refractivity contribution in [3.05, 3.63) is 47.5 Å². The molecule has 0 saturated carbocycles. The maximum Gasteiger partial charge on any atom is 0.247 e. The van der Waals surface area contributed by atoms with Crippen LogP contribution in [0.4, 0.5) is 5.69 Å². The van der Waals surface area contributed by atoms with Gasteiger partial charge < -0.3 is 20.4 Å². The fourth-order valence-corrected chi connectivity index (χ4v) is 5.33. The molecule has 2 aliphatic rings. The minimum absolute atomic E-state index is 0.175. The first-order valence-electron chi connectivity index (χ1n) is 9.42. The molecule has 0 spiro atoms. The predicted molar refractivity (Wildman–Crippen MR) is 107 cm³/mol. The zero-order valence-corrected chi connectivity index (χ0v) is 16.6. The van der Waals surface area contributed by atoms with Gasteiger partial charge in [0.05, 0.1) is 0 Å². The summed E-state index contributed by atoms with van der Waals surface area (Å²) < 4.78 is 27.2. The Hall–Kier alpha value is -2.29. The van der Waals surface area contributed by atoms with Crippen molar-refractivity contribution in [3.63, 3.8) is 0 Å². The minimum atomic E-state index is -3.85. The topological polar surface area (TPSA) is 93.1 Å². The quantitative estimate of drug-likeness (QED) is 0.725. The second kappa shape index (κ2) is 7.27. The van der Waals surface area contributed by atoms with Gasteiger partial charge in [-0.1, -0.05) is 6.07 Å². The van der Waals surface area contributed by atoms with E-state index in [1.165, 1.54) is 16.4 Å². The Labute approximate surface area is 165 Å². The number of anilines is 1. The van der Waals surface area contributed by atoms with Gasteiger partial charge in [-0.3, -0.25) is 0 Å². The summed E-state index contributed by atoms with van der Waals surface area (Å²) in [7, 11) is -1.72. The van der Waals surface area contributed by atoms with Crippen LogP contribution in [0.15, 0.2) is 41.3 Å². The van der Waals surface area contributed by atoms with Crippen molar-refractivity contribution in [2.75, 3.05) is 25.5 Å². The highest BCUT2D eigenvalue weighted by atomic mass is 32.2. The molecule has 28 heavy (non-hydrogen) atoms. The lowest BCUT2D eigenvalue weighted by molar-refractivity contribution is 0.264. The third-order valence-corrected chi connectivity index (χ3v) is 7.39. The van der Waals surface area contributed by atoms with Gasteiger partial charge in [0.2, 0.25) is 10.0 Å². The Bertz CT molecular complexity index is 985. The summed E-state index contributed by atoms with van der Waals surface area (Å²) in [6, 6.07) is 9.98. The Morgan fingerprint density at radius 2 is 1.71 bits per heavy atom. The van der Waals surface area contributed by atoms with Crippen molar-refractivity contribution in [2.24, 2.45) is 0 Å². The van der Waals surface area contributed by atoms with Crippen LogP contribution in [0.5, 0.6) is 11.5 Å². The van der Waals surface area contributed by atoms with Crippen LogP contribution in [0.1, 0.15) is 24.0 Å². The molecule has 150 valence electrons. The molecule has 8 heteroatoms. The highest BCUT2D eigenvalue weighted by Crippen LogP contribution is 2.34. The normalized spacial score (nSPS) is 18.9. The average molecular weight is 404 g/mol. The van der Waals surface area contributed by atoms with Crippen molar-refractivity contribution in [2.45, 2.75) is 36.9 Å². The first-order valence-corrected chi connectivity index (χ1v) is 10.9. The van der Waals surface area contributed by atoms with E-state index >= 15 is 0 Å². The molecule has 0 aromatic heterocycles. The number of nitrogens with zero attached hydrogens (tertiary/aromatic N) is 2. The first-order chi connectivity index (χ1) is 13.3. The number of rotatable bonds is 4. The highest BCUT2D eigenvalue weighted by Gasteiger charge is 2.32. The molecule has 4 rings (SSSR count). The van der Waals surface area contributed by atoms with Crippen LogP contribution in [-0.2, 0) is 23.1 Å². The van der Waals surface area contributed by atoms with Crippen LogP contribution in [0.3, 0.4) is 0 Å². The smallest absolute Gasteiger partial charge is 0.247 e. The van der Waals surface area contributed by atoms with Gasteiger partial charge in [0.15, 0.2) is 0 Å². The molecule has 2 aromatic rings. The predicted octanol–water partition coefficient (Wildman–Crippen LogP) is 2.31. The van der Waals surface area contributed by atoms with Gasteiger partial charge in [0, 0.05) is 30.9 Å². The largest absolute Gasteiger partial charge is 0.508 e. The number of aromatic hydroxyl groups is 2. The molecular formula is C20H25N3O4S. The summed E-state index contributed by atoms with van der Waals surface area (Å²) >= 11 is 0. The summed E-state index contributed by atoms with van der Waals surface area (Å²) in [5.41, 5.74) is 2.95. The fourth-order valence-electron chi connectivity index (χ4n) is 3.87. The zero-order valence-electron chi connectivity index (χ0n) is 15.8. The summed E-state index contributed by atoms with van der Waals surface area (Å²) in [5, 5.41) is 23.0. The summed E-state index contributed by atoms with van der Waals surface area (Å²) in [6.07, 6.45) is 2.18. The van der Waals surface area contributed by atoms with E-state index in [0.29, 0.717) is 6.04 Å². The van der Waals surface area contributed by atoms with Gasteiger partial charge in [-0.05, 0) is 68.4 Å². The van der Waals surface area contributed by atoms with Crippen molar-refractivity contribution in [1.29, 1.82) is 0 Å². The van der Waals surface area contributed by atoms with Crippen LogP contribution < -0.4 is 5.32 Å². The monoisotopic (exact) mass is 403 g/mol. The molecule has 0 unspecified atom stereocenters. The van der Waals surface area contributed by atoms with Crippen LogP contribution in [0.25, 0.3) is 0 Å². The van der Waals surface area contributed by atoms with Gasteiger partial charge in [-0.15, -0.1) is 0 Å². The molecule has 0 amide bonds. The number of hydrogen-bond acceptors (Lipinski definition) is 6. The van der Waals surface area contributed by atoms with Gasteiger partial charge in [0.1, 0.15) is 16.4 Å². The van der Waals surface area contributed by atoms with Crippen molar-refractivity contribution >= 4 is 15.7 Å². The number of sulfonamides is 1. The Kier molecular flexibility index (Phi) is 4.95. The third-order valence-electron chi connectivity index (χ3n) is 5.55. The number of hydrogen-bond donors (Lipinski definition) is 3. The van der Waals surface area contributed by atoms with Crippen molar-refractivity contribution in [3.8, 4) is 11.5 Å². The summed E-state index contributed by atoms with van der Waals surface area (Å²) in [4.78, 5) is 2.13. The number of likely N-dealkylation sites (tertiary alicyclic amines) is 1. The van der Waals surface area contributed by atoms with E-state index in [1.807, 2.05) is 18.2 Å². The van der Waals surface area contributed by atoms with Crippen LogP contribution in [-0.4, -0.2) is 54.0 Å². The van der Waals surface area contributed by atoms with Gasteiger partial charge >= 0.3 is 0 Å². The maximum atomic E-state index is 12.9. The molecule has 2 heterocycles. The Morgan fingerprint density at radius 3 is 2.43 bits per heavy atom. The average Bonchev–Trinajstić information content (AvgIpc) is 3.07. The van der Waals surface area contributed by atoms with E-state index in [-0.39, 0.29) is 23.7 Å². The second-order valence-corrected chi connectivity index (χ2v) is 9.54. The van der Waals surface area contributed by atoms with Gasteiger partial charge in [-0.2, -0.15) is 4.31 Å². The lowest BCUT2D eigenvalue weighted by Gasteiger charge is -2.30. The summed E-state index contributed by atoms with van der Waals surface area (Å²) in [6.45, 7) is 2.68. The Morgan fingerprint density at radius 1 is 1.00 bits per heavy atom. The lowest BCUT2D eigenvalue weighted by Crippen LogP contribution is -2.36. The number of nitrogens with one attached hydrogen (secondary N) is 1. The van der Waals surface area contributed by atoms with Crippen molar-refractivity contribution in [1.82, 2.24) is 9.21 Å². The number of fused-ring (bicyclic) bond motifs is 1. The van der Waals surface area contributed by atoms with Crippen LogP contribution in [0.2, 0.25) is 0 Å². The van der Waals surface area contributed by atoms with Gasteiger partial charge in [0.25, 0.3) is 0 Å². The summed E-state index contributed by atoms with van der Waals surface area (Å²) in [5.74, 6) is -0.619. The number of phenolic OH excluding ortho intramolecular Hbond substituents is 2. The van der Waals surface area contributed by atoms with E-state index in [0.717, 1.165) is 48.8 Å². The second-order valence-electron chi connectivity index (χ2n) is 7.63. The lowest BCUT2D eigenvalue weighted by atomic mass is 10.0. The SMILES string of the molecule is CN1CCC(Nc2ccc3c(c2)CN(S(=O)(=O)c2ccc(O)cc2O)C3)CC1. The van der Waals surface area contributed by atoms with E-state index in [4.69, 9.17) is 0 Å².